The molecule has 0 spiro atoms. The summed E-state index contributed by atoms with van der Waals surface area (Å²) in [6.07, 6.45) is 6.22. The molecule has 2 N–H and O–H groups in total. The number of thioether (sulfide) groups is 1. The number of nitrogens with one attached hydrogen (secondary N) is 2. The number of hydrogen-bond donors (Lipinski definition) is 2. The highest BCUT2D eigenvalue weighted by Crippen LogP contribution is 2.16. The van der Waals surface area contributed by atoms with E-state index in [1.807, 2.05) is 23.9 Å². The van der Waals surface area contributed by atoms with Gasteiger partial charge >= 0.3 is 0 Å². The lowest BCUT2D eigenvalue weighted by atomic mass is 10.2. The summed E-state index contributed by atoms with van der Waals surface area (Å²) in [6, 6.07) is 4.49. The monoisotopic (exact) mass is 380 g/mol. The first-order valence-corrected chi connectivity index (χ1v) is 11.0. The minimum Gasteiger partial charge on any atom is -0.469 e. The number of nitrogens with zero attached hydrogens (tertiary/aromatic N) is 2. The van der Waals surface area contributed by atoms with E-state index in [9.17, 15) is 0 Å². The van der Waals surface area contributed by atoms with Crippen LogP contribution >= 0.6 is 11.8 Å². The summed E-state index contributed by atoms with van der Waals surface area (Å²) < 4.78 is 10.8. The third-order valence-electron chi connectivity index (χ3n) is 4.75. The second kappa shape index (κ2) is 11.5. The number of hydrogen-bond acceptors (Lipinski definition) is 5. The Morgan fingerprint density at radius 3 is 3.04 bits per heavy atom. The van der Waals surface area contributed by atoms with Gasteiger partial charge in [-0.25, -0.2) is 0 Å². The average Bonchev–Trinajstić information content (AvgIpc) is 3.20. The van der Waals surface area contributed by atoms with Crippen LogP contribution in [0.4, 0.5) is 0 Å². The maximum Gasteiger partial charge on any atom is 0.191 e. The van der Waals surface area contributed by atoms with Crippen molar-refractivity contribution in [3.05, 3.63) is 24.2 Å². The molecular formula is C19H32N4O2S. The molecule has 1 atom stereocenters. The van der Waals surface area contributed by atoms with Crippen molar-refractivity contribution in [2.24, 2.45) is 4.99 Å². The fraction of sp³-hybridized carbons (Fsp3) is 0.737. The molecule has 0 aliphatic carbocycles. The first-order chi connectivity index (χ1) is 12.9. The zero-order chi connectivity index (χ0) is 17.9. The van der Waals surface area contributed by atoms with Crippen LogP contribution in [0.15, 0.2) is 27.8 Å². The predicted molar refractivity (Wildman–Crippen MR) is 108 cm³/mol. The van der Waals surface area contributed by atoms with E-state index >= 15 is 0 Å². The van der Waals surface area contributed by atoms with Crippen molar-refractivity contribution >= 4 is 17.7 Å². The molecule has 0 saturated carbocycles. The van der Waals surface area contributed by atoms with Crippen molar-refractivity contribution in [2.75, 3.05) is 57.4 Å². The Morgan fingerprint density at radius 1 is 1.35 bits per heavy atom. The molecule has 1 aromatic rings. The van der Waals surface area contributed by atoms with E-state index in [-0.39, 0.29) is 0 Å². The van der Waals surface area contributed by atoms with E-state index in [4.69, 9.17) is 14.1 Å². The van der Waals surface area contributed by atoms with Crippen LogP contribution in [0, 0.1) is 0 Å². The zero-order valence-corrected chi connectivity index (χ0v) is 16.4. The van der Waals surface area contributed by atoms with Gasteiger partial charge in [-0.15, -0.1) is 0 Å². The van der Waals surface area contributed by atoms with E-state index in [1.54, 1.807) is 6.26 Å². The summed E-state index contributed by atoms with van der Waals surface area (Å²) in [5, 5.41) is 7.11. The van der Waals surface area contributed by atoms with E-state index in [2.05, 4.69) is 15.5 Å². The normalized spacial score (nSPS) is 22.3. The molecule has 2 saturated heterocycles. The van der Waals surface area contributed by atoms with Crippen LogP contribution in [0.1, 0.15) is 25.0 Å². The minimum atomic E-state index is 0.530. The Labute approximate surface area is 161 Å². The summed E-state index contributed by atoms with van der Waals surface area (Å²) in [5.74, 6) is 4.42. The van der Waals surface area contributed by atoms with Gasteiger partial charge in [0.25, 0.3) is 0 Å². The van der Waals surface area contributed by atoms with Crippen molar-refractivity contribution in [3.8, 4) is 0 Å². The predicted octanol–water partition coefficient (Wildman–Crippen LogP) is 1.98. The van der Waals surface area contributed by atoms with Gasteiger partial charge in [0, 0.05) is 50.9 Å². The first-order valence-electron chi connectivity index (χ1n) is 9.85. The Kier molecular flexibility index (Phi) is 8.67. The quantitative estimate of drug-likeness (QED) is 0.408. The highest BCUT2D eigenvalue weighted by Gasteiger charge is 2.15. The summed E-state index contributed by atoms with van der Waals surface area (Å²) >= 11 is 2.04. The van der Waals surface area contributed by atoms with Gasteiger partial charge in [0.2, 0.25) is 0 Å². The largest absolute Gasteiger partial charge is 0.469 e. The van der Waals surface area contributed by atoms with Crippen LogP contribution in [0.5, 0.6) is 0 Å². The second-order valence-corrected chi connectivity index (χ2v) is 8.00. The van der Waals surface area contributed by atoms with E-state index in [0.717, 1.165) is 70.5 Å². The maximum atomic E-state index is 5.41. The van der Waals surface area contributed by atoms with Crippen molar-refractivity contribution in [3.63, 3.8) is 0 Å². The zero-order valence-electron chi connectivity index (χ0n) is 15.6. The van der Waals surface area contributed by atoms with Crippen molar-refractivity contribution < 1.29 is 9.15 Å². The van der Waals surface area contributed by atoms with E-state index < -0.39 is 0 Å². The van der Waals surface area contributed by atoms with Crippen LogP contribution in [-0.2, 0) is 11.2 Å². The van der Waals surface area contributed by atoms with E-state index in [0.29, 0.717) is 6.04 Å². The third kappa shape index (κ3) is 7.21. The molecule has 26 heavy (non-hydrogen) atoms. The van der Waals surface area contributed by atoms with Gasteiger partial charge in [0.1, 0.15) is 5.76 Å². The molecule has 3 rings (SSSR count). The van der Waals surface area contributed by atoms with Crippen LogP contribution in [-0.4, -0.2) is 74.3 Å². The van der Waals surface area contributed by atoms with Crippen LogP contribution in [0.3, 0.4) is 0 Å². The molecule has 3 heterocycles. The molecule has 2 fully saturated rings. The van der Waals surface area contributed by atoms with Gasteiger partial charge in [-0.05, 0) is 37.1 Å². The molecule has 0 aromatic carbocycles. The van der Waals surface area contributed by atoms with Gasteiger partial charge in [-0.1, -0.05) is 0 Å². The Morgan fingerprint density at radius 2 is 2.27 bits per heavy atom. The number of aliphatic imine (C=N–C) groups is 1. The van der Waals surface area contributed by atoms with Gasteiger partial charge in [-0.3, -0.25) is 9.89 Å². The van der Waals surface area contributed by atoms with Crippen LogP contribution < -0.4 is 10.6 Å². The topological polar surface area (TPSA) is 62.0 Å². The first kappa shape index (κ1) is 19.6. The number of furan rings is 1. The molecule has 2 aliphatic rings. The van der Waals surface area contributed by atoms with E-state index in [1.165, 1.54) is 24.3 Å². The highest BCUT2D eigenvalue weighted by atomic mass is 32.2. The van der Waals surface area contributed by atoms with Crippen molar-refractivity contribution in [2.45, 2.75) is 31.7 Å². The number of guanidine groups is 1. The highest BCUT2D eigenvalue weighted by molar-refractivity contribution is 7.99. The molecule has 0 bridgehead atoms. The lowest BCUT2D eigenvalue weighted by molar-refractivity contribution is 0.0377. The molecule has 7 heteroatoms. The van der Waals surface area contributed by atoms with Gasteiger partial charge in [0.05, 0.1) is 19.5 Å². The fourth-order valence-electron chi connectivity index (χ4n) is 3.27. The lowest BCUT2D eigenvalue weighted by Gasteiger charge is -2.26. The smallest absolute Gasteiger partial charge is 0.191 e. The molecule has 1 unspecified atom stereocenters. The fourth-order valence-corrected chi connectivity index (χ4v) is 4.34. The number of ether oxygens (including phenoxy) is 1. The summed E-state index contributed by atoms with van der Waals surface area (Å²) in [4.78, 5) is 7.28. The van der Waals surface area contributed by atoms with Gasteiger partial charge in [0.15, 0.2) is 5.96 Å². The summed E-state index contributed by atoms with van der Waals surface area (Å²) in [5.41, 5.74) is 0. The third-order valence-corrected chi connectivity index (χ3v) is 5.97. The lowest BCUT2D eigenvalue weighted by Crippen LogP contribution is -2.46. The van der Waals surface area contributed by atoms with Crippen LogP contribution in [0.25, 0.3) is 0 Å². The molecule has 2 aliphatic heterocycles. The Balaban J connectivity index is 1.42. The molecule has 0 radical (unpaired) electrons. The van der Waals surface area contributed by atoms with Crippen LogP contribution in [0.2, 0.25) is 0 Å². The SMILES string of the molecule is c1coc(CCNC(=NCCCN2CCOCC2)NC2CCCSC2)c1. The molecule has 146 valence electrons. The number of morpholine rings is 1. The summed E-state index contributed by atoms with van der Waals surface area (Å²) in [6.45, 7) is 6.63. The minimum absolute atomic E-state index is 0.530. The molecule has 6 nitrogen and oxygen atoms in total. The average molecular weight is 381 g/mol. The standard InChI is InChI=1S/C19H32N4O2S/c1-5-18(25-12-1)6-8-21-19(22-17-4-2-15-26-16-17)20-7-3-9-23-10-13-24-14-11-23/h1,5,12,17H,2-4,6-11,13-16H2,(H2,20,21,22). The Hall–Kier alpha value is -1.18. The van der Waals surface area contributed by atoms with Crippen molar-refractivity contribution in [1.29, 1.82) is 0 Å². The molecule has 0 amide bonds. The second-order valence-electron chi connectivity index (χ2n) is 6.85. The van der Waals surface area contributed by atoms with Gasteiger partial charge < -0.3 is 19.8 Å². The Bertz CT molecular complexity index is 512. The molecular weight excluding hydrogens is 348 g/mol. The van der Waals surface area contributed by atoms with Gasteiger partial charge in [-0.2, -0.15) is 11.8 Å². The maximum absolute atomic E-state index is 5.41. The van der Waals surface area contributed by atoms with Crippen molar-refractivity contribution in [1.82, 2.24) is 15.5 Å². The summed E-state index contributed by atoms with van der Waals surface area (Å²) in [7, 11) is 0. The number of rotatable bonds is 8. The molecule has 1 aromatic heterocycles.